The van der Waals surface area contributed by atoms with E-state index in [-0.39, 0.29) is 11.9 Å². The number of carbonyl (C=O) groups is 1. The number of amides is 1. The Morgan fingerprint density at radius 2 is 2.06 bits per heavy atom. The molecule has 0 spiro atoms. The van der Waals surface area contributed by atoms with Crippen LogP contribution in [0.3, 0.4) is 0 Å². The molecule has 4 aromatic heterocycles. The fraction of sp³-hybridized carbons (Fsp3) is 0.440. The molecule has 9 heteroatoms. The van der Waals surface area contributed by atoms with Crippen LogP contribution in [0.2, 0.25) is 0 Å². The lowest BCUT2D eigenvalue weighted by Crippen LogP contribution is -2.43. The summed E-state index contributed by atoms with van der Waals surface area (Å²) in [6.45, 7) is 2.92. The van der Waals surface area contributed by atoms with E-state index in [4.69, 9.17) is 0 Å². The number of fused-ring (bicyclic) bond motifs is 2. The van der Waals surface area contributed by atoms with Crippen LogP contribution in [-0.4, -0.2) is 68.1 Å². The van der Waals surface area contributed by atoms with Crippen molar-refractivity contribution in [2.75, 3.05) is 32.0 Å². The summed E-state index contributed by atoms with van der Waals surface area (Å²) in [5, 5.41) is 11.9. The van der Waals surface area contributed by atoms with Gasteiger partial charge in [0.25, 0.3) is 5.91 Å². The predicted octanol–water partition coefficient (Wildman–Crippen LogP) is 3.31. The van der Waals surface area contributed by atoms with E-state index in [2.05, 4.69) is 42.6 Å². The number of hydrogen-bond donors (Lipinski definition) is 3. The summed E-state index contributed by atoms with van der Waals surface area (Å²) in [7, 11) is 2.12. The lowest BCUT2D eigenvalue weighted by molar-refractivity contribution is 0.0918. The quantitative estimate of drug-likeness (QED) is 0.393. The molecule has 1 saturated carbocycles. The Balaban J connectivity index is 1.23. The zero-order chi connectivity index (χ0) is 23.1. The first-order valence-electron chi connectivity index (χ1n) is 12.2. The molecule has 9 nitrogen and oxygen atoms in total. The monoisotopic (exact) mass is 458 g/mol. The second-order valence-electron chi connectivity index (χ2n) is 9.67. The number of rotatable bonds is 7. The Morgan fingerprint density at radius 3 is 2.88 bits per heavy atom. The van der Waals surface area contributed by atoms with Crippen LogP contribution in [0.1, 0.15) is 42.5 Å². The maximum Gasteiger partial charge on any atom is 0.255 e. The van der Waals surface area contributed by atoms with Crippen LogP contribution in [-0.2, 0) is 0 Å². The third-order valence-corrected chi connectivity index (χ3v) is 7.10. The zero-order valence-electron chi connectivity index (χ0n) is 19.4. The van der Waals surface area contributed by atoms with E-state index in [1.165, 1.54) is 19.3 Å². The second-order valence-corrected chi connectivity index (χ2v) is 9.67. The predicted molar refractivity (Wildman–Crippen MR) is 132 cm³/mol. The van der Waals surface area contributed by atoms with Gasteiger partial charge in [-0.2, -0.15) is 10.1 Å². The van der Waals surface area contributed by atoms with Crippen molar-refractivity contribution in [2.24, 2.45) is 5.92 Å². The number of hydrogen-bond acceptors (Lipinski definition) is 6. The van der Waals surface area contributed by atoms with Crippen molar-refractivity contribution in [3.63, 3.8) is 0 Å². The van der Waals surface area contributed by atoms with Crippen LogP contribution >= 0.6 is 0 Å². The molecule has 2 fully saturated rings. The maximum atomic E-state index is 13.0. The topological polar surface area (TPSA) is 103 Å². The molecule has 2 aliphatic rings. The van der Waals surface area contributed by atoms with Gasteiger partial charge in [0, 0.05) is 42.1 Å². The molecule has 0 aromatic carbocycles. The number of nitrogens with zero attached hydrogens (tertiary/aromatic N) is 5. The average molecular weight is 459 g/mol. The van der Waals surface area contributed by atoms with Gasteiger partial charge in [-0.1, -0.05) is 12.8 Å². The van der Waals surface area contributed by atoms with Gasteiger partial charge in [-0.25, -0.2) is 9.50 Å². The van der Waals surface area contributed by atoms with Gasteiger partial charge in [-0.05, 0) is 63.0 Å². The SMILES string of the molecule is CN1CCC(NC(=O)c2cnn3ccc(-c4c[nH]c5nc(NCCC6CC6)ncc45)cc23)CC1. The van der Waals surface area contributed by atoms with E-state index >= 15 is 0 Å². The van der Waals surface area contributed by atoms with Crippen LogP contribution in [0, 0.1) is 5.92 Å². The average Bonchev–Trinajstić information content (AvgIpc) is 3.42. The highest BCUT2D eigenvalue weighted by molar-refractivity contribution is 6.02. The fourth-order valence-corrected chi connectivity index (χ4v) is 4.77. The molecule has 34 heavy (non-hydrogen) atoms. The molecular weight excluding hydrogens is 428 g/mol. The van der Waals surface area contributed by atoms with Gasteiger partial charge in [0.1, 0.15) is 5.65 Å². The molecule has 1 amide bonds. The molecular formula is C25H30N8O. The molecule has 1 saturated heterocycles. The molecule has 1 aliphatic carbocycles. The van der Waals surface area contributed by atoms with Crippen molar-refractivity contribution in [1.29, 1.82) is 0 Å². The van der Waals surface area contributed by atoms with E-state index in [0.29, 0.717) is 11.5 Å². The lowest BCUT2D eigenvalue weighted by Gasteiger charge is -2.29. The van der Waals surface area contributed by atoms with Gasteiger partial charge >= 0.3 is 0 Å². The molecule has 6 rings (SSSR count). The molecule has 0 unspecified atom stereocenters. The molecule has 3 N–H and O–H groups in total. The van der Waals surface area contributed by atoms with E-state index in [1.54, 1.807) is 10.7 Å². The molecule has 5 heterocycles. The smallest absolute Gasteiger partial charge is 0.255 e. The Labute approximate surface area is 198 Å². The summed E-state index contributed by atoms with van der Waals surface area (Å²) in [5.74, 6) is 1.47. The maximum absolute atomic E-state index is 13.0. The highest BCUT2D eigenvalue weighted by atomic mass is 16.1. The summed E-state index contributed by atoms with van der Waals surface area (Å²) in [6.07, 6.45) is 13.2. The first-order valence-corrected chi connectivity index (χ1v) is 12.2. The van der Waals surface area contributed by atoms with Crippen LogP contribution in [0.5, 0.6) is 0 Å². The number of H-pyrrole nitrogens is 1. The van der Waals surface area contributed by atoms with Gasteiger partial charge in [-0.3, -0.25) is 4.79 Å². The third kappa shape index (κ3) is 4.23. The van der Waals surface area contributed by atoms with E-state index < -0.39 is 0 Å². The number of likely N-dealkylation sites (tertiary alicyclic amines) is 1. The van der Waals surface area contributed by atoms with Gasteiger partial charge in [0.2, 0.25) is 5.95 Å². The number of carbonyl (C=O) groups excluding carboxylic acids is 1. The van der Waals surface area contributed by atoms with Gasteiger partial charge in [0.05, 0.1) is 17.3 Å². The Kier molecular flexibility index (Phi) is 5.41. The van der Waals surface area contributed by atoms with E-state index in [0.717, 1.165) is 66.1 Å². The molecule has 0 atom stereocenters. The minimum absolute atomic E-state index is 0.0640. The van der Waals surface area contributed by atoms with Crippen LogP contribution < -0.4 is 10.6 Å². The third-order valence-electron chi connectivity index (χ3n) is 7.10. The number of nitrogens with one attached hydrogen (secondary N) is 3. The summed E-state index contributed by atoms with van der Waals surface area (Å²) in [4.78, 5) is 27.8. The molecule has 1 aliphatic heterocycles. The summed E-state index contributed by atoms with van der Waals surface area (Å²) >= 11 is 0. The Morgan fingerprint density at radius 1 is 1.21 bits per heavy atom. The van der Waals surface area contributed by atoms with Crippen molar-refractivity contribution >= 4 is 28.4 Å². The fourth-order valence-electron chi connectivity index (χ4n) is 4.77. The van der Waals surface area contributed by atoms with Crippen molar-refractivity contribution in [2.45, 2.75) is 38.1 Å². The van der Waals surface area contributed by atoms with Crippen LogP contribution in [0.15, 0.2) is 36.9 Å². The van der Waals surface area contributed by atoms with E-state index in [1.807, 2.05) is 30.7 Å². The minimum atomic E-state index is -0.0640. The van der Waals surface area contributed by atoms with E-state index in [9.17, 15) is 4.79 Å². The first kappa shape index (κ1) is 21.1. The summed E-state index contributed by atoms with van der Waals surface area (Å²) < 4.78 is 1.75. The largest absolute Gasteiger partial charge is 0.354 e. The summed E-state index contributed by atoms with van der Waals surface area (Å²) in [5.41, 5.74) is 4.18. The van der Waals surface area contributed by atoms with Crippen molar-refractivity contribution in [1.82, 2.24) is 34.8 Å². The van der Waals surface area contributed by atoms with Crippen molar-refractivity contribution < 1.29 is 4.79 Å². The number of aromatic nitrogens is 5. The first-order chi connectivity index (χ1) is 16.6. The second kappa shape index (κ2) is 8.72. The Hall–Kier alpha value is -3.46. The van der Waals surface area contributed by atoms with Gasteiger partial charge in [-0.15, -0.1) is 0 Å². The van der Waals surface area contributed by atoms with Crippen LogP contribution in [0.4, 0.5) is 5.95 Å². The standard InChI is InChI=1S/C25H30N8O/c1-32-9-6-18(7-10-32)30-24(34)21-15-29-33-11-5-17(12-22(21)33)19-13-27-23-20(19)14-28-25(31-23)26-8-4-16-2-3-16/h5,11-16,18H,2-4,6-10H2,1H3,(H,30,34)(H2,26,27,28,31). The number of piperidine rings is 1. The number of pyridine rings is 1. The van der Waals surface area contributed by atoms with Crippen LogP contribution in [0.25, 0.3) is 27.7 Å². The summed E-state index contributed by atoms with van der Waals surface area (Å²) in [6, 6.07) is 4.23. The number of aromatic amines is 1. The Bertz CT molecular complexity index is 1330. The molecule has 0 bridgehead atoms. The lowest BCUT2D eigenvalue weighted by atomic mass is 10.0. The normalized spacial score (nSPS) is 17.4. The van der Waals surface area contributed by atoms with Crippen molar-refractivity contribution in [3.05, 3.63) is 42.5 Å². The highest BCUT2D eigenvalue weighted by Gasteiger charge is 2.22. The van der Waals surface area contributed by atoms with Crippen molar-refractivity contribution in [3.8, 4) is 11.1 Å². The van der Waals surface area contributed by atoms with Gasteiger partial charge in [0.15, 0.2) is 0 Å². The zero-order valence-corrected chi connectivity index (χ0v) is 19.4. The van der Waals surface area contributed by atoms with Gasteiger partial charge < -0.3 is 20.5 Å². The molecule has 0 radical (unpaired) electrons. The number of anilines is 1. The molecule has 176 valence electrons. The highest BCUT2D eigenvalue weighted by Crippen LogP contribution is 2.32. The minimum Gasteiger partial charge on any atom is -0.354 e. The molecule has 4 aromatic rings.